The topological polar surface area (TPSA) is 75.1 Å². The molecule has 1 heterocycles. The Balaban J connectivity index is 2.81. The van der Waals surface area contributed by atoms with Crippen LogP contribution < -0.4 is 5.32 Å². The van der Waals surface area contributed by atoms with Gasteiger partial charge in [-0.05, 0) is 5.92 Å². The Bertz CT molecular complexity index is 396. The fraction of sp³-hybridized carbons (Fsp3) is 0.727. The van der Waals surface area contributed by atoms with Crippen LogP contribution >= 0.6 is 11.5 Å². The van der Waals surface area contributed by atoms with Gasteiger partial charge in [-0.25, -0.2) is 9.78 Å². The van der Waals surface area contributed by atoms with E-state index in [1.165, 1.54) is 11.5 Å². The van der Waals surface area contributed by atoms with Crippen LogP contribution in [0, 0.1) is 5.92 Å². The monoisotopic (exact) mass is 257 g/mol. The van der Waals surface area contributed by atoms with Crippen molar-refractivity contribution in [2.24, 2.45) is 5.92 Å². The number of anilines is 1. The fourth-order valence-corrected chi connectivity index (χ4v) is 2.03. The van der Waals surface area contributed by atoms with E-state index in [1.807, 2.05) is 34.6 Å². The van der Waals surface area contributed by atoms with E-state index >= 15 is 0 Å². The lowest BCUT2D eigenvalue weighted by atomic mass is 9.96. The number of rotatable bonds is 4. The number of hydrogen-bond acceptors (Lipinski definition) is 5. The summed E-state index contributed by atoms with van der Waals surface area (Å²) in [5.41, 5.74) is -0.118. The molecule has 0 aromatic carbocycles. The van der Waals surface area contributed by atoms with Gasteiger partial charge in [0, 0.05) is 16.9 Å². The Labute approximate surface area is 105 Å². The Kier molecular flexibility index (Phi) is 4.08. The van der Waals surface area contributed by atoms with Gasteiger partial charge >= 0.3 is 5.97 Å². The van der Waals surface area contributed by atoms with Crippen LogP contribution in [0.2, 0.25) is 0 Å². The number of carboxylic acids is 1. The zero-order valence-electron chi connectivity index (χ0n) is 10.8. The summed E-state index contributed by atoms with van der Waals surface area (Å²) < 4.78 is 4.23. The molecular weight excluding hydrogens is 238 g/mol. The van der Waals surface area contributed by atoms with E-state index in [0.29, 0.717) is 5.13 Å². The maximum Gasteiger partial charge on any atom is 0.326 e. The predicted octanol–water partition coefficient (Wildman–Crippen LogP) is 2.36. The molecule has 0 saturated carbocycles. The third kappa shape index (κ3) is 3.66. The molecule has 0 saturated heterocycles. The van der Waals surface area contributed by atoms with Gasteiger partial charge in [-0.3, -0.25) is 0 Å². The summed E-state index contributed by atoms with van der Waals surface area (Å²) in [6.45, 7) is 9.79. The van der Waals surface area contributed by atoms with Crippen LogP contribution in [0.25, 0.3) is 0 Å². The molecule has 2 N–H and O–H groups in total. The van der Waals surface area contributed by atoms with Gasteiger partial charge in [0.25, 0.3) is 0 Å². The molecule has 5 nitrogen and oxygen atoms in total. The zero-order chi connectivity index (χ0) is 13.2. The number of carbonyl (C=O) groups is 1. The standard InChI is InChI=1S/C11H19N3O2S/c1-6(2)7(8(15)16)12-10-13-9(14-17-10)11(3,4)5/h6-7H,1-5H3,(H,15,16)(H,12,13,14)/t7-/m1/s1. The fourth-order valence-electron chi connectivity index (χ4n) is 1.23. The second-order valence-electron chi connectivity index (χ2n) is 5.38. The molecule has 0 spiro atoms. The third-order valence-electron chi connectivity index (χ3n) is 2.31. The van der Waals surface area contributed by atoms with Gasteiger partial charge in [0.2, 0.25) is 5.13 Å². The van der Waals surface area contributed by atoms with Gasteiger partial charge in [0.1, 0.15) is 11.9 Å². The number of nitrogens with one attached hydrogen (secondary N) is 1. The molecule has 1 rings (SSSR count). The summed E-state index contributed by atoms with van der Waals surface area (Å²) in [4.78, 5) is 15.4. The predicted molar refractivity (Wildman–Crippen MR) is 68.5 cm³/mol. The van der Waals surface area contributed by atoms with Crippen molar-refractivity contribution in [2.75, 3.05) is 5.32 Å². The molecule has 6 heteroatoms. The Morgan fingerprint density at radius 3 is 2.35 bits per heavy atom. The highest BCUT2D eigenvalue weighted by molar-refractivity contribution is 7.09. The van der Waals surface area contributed by atoms with Crippen LogP contribution in [0.15, 0.2) is 0 Å². The first-order valence-electron chi connectivity index (χ1n) is 5.55. The van der Waals surface area contributed by atoms with Crippen molar-refractivity contribution in [3.63, 3.8) is 0 Å². The molecule has 1 atom stereocenters. The highest BCUT2D eigenvalue weighted by Gasteiger charge is 2.24. The molecule has 0 amide bonds. The second-order valence-corrected chi connectivity index (χ2v) is 6.13. The lowest BCUT2D eigenvalue weighted by Gasteiger charge is -2.17. The van der Waals surface area contributed by atoms with Crippen molar-refractivity contribution in [1.29, 1.82) is 0 Å². The van der Waals surface area contributed by atoms with Crippen LogP contribution in [0.1, 0.15) is 40.4 Å². The van der Waals surface area contributed by atoms with Gasteiger partial charge in [-0.2, -0.15) is 4.37 Å². The number of carboxylic acid groups (broad SMARTS) is 1. The number of aliphatic carboxylic acids is 1. The summed E-state index contributed by atoms with van der Waals surface area (Å²) in [6.07, 6.45) is 0. The van der Waals surface area contributed by atoms with E-state index in [1.54, 1.807) is 0 Å². The first kappa shape index (κ1) is 13.9. The van der Waals surface area contributed by atoms with E-state index in [9.17, 15) is 4.79 Å². The third-order valence-corrected chi connectivity index (χ3v) is 2.95. The van der Waals surface area contributed by atoms with E-state index in [-0.39, 0.29) is 11.3 Å². The van der Waals surface area contributed by atoms with Crippen molar-refractivity contribution in [2.45, 2.75) is 46.1 Å². The average molecular weight is 257 g/mol. The molecule has 0 fully saturated rings. The van der Waals surface area contributed by atoms with Gasteiger partial charge in [-0.15, -0.1) is 0 Å². The molecule has 0 aliphatic rings. The second kappa shape index (κ2) is 5.00. The summed E-state index contributed by atoms with van der Waals surface area (Å²) in [6, 6.07) is -0.629. The van der Waals surface area contributed by atoms with E-state index in [2.05, 4.69) is 14.7 Å². The van der Waals surface area contributed by atoms with Crippen LogP contribution in [-0.2, 0) is 10.2 Å². The largest absolute Gasteiger partial charge is 0.480 e. The normalized spacial score (nSPS) is 13.8. The molecule has 1 aromatic heterocycles. The Morgan fingerprint density at radius 2 is 2.00 bits per heavy atom. The average Bonchev–Trinajstić information content (AvgIpc) is 2.60. The molecule has 1 aromatic rings. The van der Waals surface area contributed by atoms with Crippen LogP contribution in [0.3, 0.4) is 0 Å². The van der Waals surface area contributed by atoms with Crippen LogP contribution in [0.5, 0.6) is 0 Å². The highest BCUT2D eigenvalue weighted by Crippen LogP contribution is 2.24. The maximum atomic E-state index is 11.0. The maximum absolute atomic E-state index is 11.0. The van der Waals surface area contributed by atoms with Crippen LogP contribution in [-0.4, -0.2) is 26.5 Å². The summed E-state index contributed by atoms with van der Waals surface area (Å²) in [7, 11) is 0. The van der Waals surface area contributed by atoms with Crippen molar-refractivity contribution >= 4 is 22.6 Å². The highest BCUT2D eigenvalue weighted by atomic mass is 32.1. The quantitative estimate of drug-likeness (QED) is 0.866. The van der Waals surface area contributed by atoms with E-state index < -0.39 is 12.0 Å². The molecule has 0 aliphatic heterocycles. The van der Waals surface area contributed by atoms with Crippen molar-refractivity contribution in [3.8, 4) is 0 Å². The van der Waals surface area contributed by atoms with E-state index in [4.69, 9.17) is 5.11 Å². The lowest BCUT2D eigenvalue weighted by molar-refractivity contribution is -0.138. The van der Waals surface area contributed by atoms with Gasteiger partial charge in [0.05, 0.1) is 0 Å². The Morgan fingerprint density at radius 1 is 1.41 bits per heavy atom. The smallest absolute Gasteiger partial charge is 0.326 e. The van der Waals surface area contributed by atoms with E-state index in [0.717, 1.165) is 5.82 Å². The molecule has 17 heavy (non-hydrogen) atoms. The minimum absolute atomic E-state index is 0.00510. The number of aromatic nitrogens is 2. The number of nitrogens with zero attached hydrogens (tertiary/aromatic N) is 2. The van der Waals surface area contributed by atoms with Crippen molar-refractivity contribution in [1.82, 2.24) is 9.36 Å². The Hall–Kier alpha value is -1.17. The lowest BCUT2D eigenvalue weighted by Crippen LogP contribution is -2.34. The minimum atomic E-state index is -0.868. The van der Waals surface area contributed by atoms with Gasteiger partial charge < -0.3 is 10.4 Å². The first-order valence-corrected chi connectivity index (χ1v) is 6.32. The first-order chi connectivity index (χ1) is 7.71. The number of hydrogen-bond donors (Lipinski definition) is 2. The molecule has 96 valence electrons. The molecule has 0 radical (unpaired) electrons. The summed E-state index contributed by atoms with van der Waals surface area (Å²) >= 11 is 1.20. The molecule has 0 aliphatic carbocycles. The summed E-state index contributed by atoms with van der Waals surface area (Å²) in [5, 5.41) is 12.5. The molecular formula is C11H19N3O2S. The molecule has 0 bridgehead atoms. The molecule has 0 unspecified atom stereocenters. The zero-order valence-corrected chi connectivity index (χ0v) is 11.6. The SMILES string of the molecule is CC(C)[C@@H](Nc1nc(C(C)(C)C)ns1)C(=O)O. The van der Waals surface area contributed by atoms with Gasteiger partial charge in [-0.1, -0.05) is 34.6 Å². The summed E-state index contributed by atoms with van der Waals surface area (Å²) in [5.74, 6) is -0.139. The van der Waals surface area contributed by atoms with Crippen LogP contribution in [0.4, 0.5) is 5.13 Å². The minimum Gasteiger partial charge on any atom is -0.480 e. The van der Waals surface area contributed by atoms with Crippen molar-refractivity contribution in [3.05, 3.63) is 5.82 Å². The van der Waals surface area contributed by atoms with Gasteiger partial charge in [0.15, 0.2) is 0 Å². The van der Waals surface area contributed by atoms with Crippen molar-refractivity contribution < 1.29 is 9.90 Å².